The molecule has 3 aromatic rings. The van der Waals surface area contributed by atoms with Crippen LogP contribution in [0.3, 0.4) is 0 Å². The number of methoxy groups -OCH3 is 1. The van der Waals surface area contributed by atoms with Gasteiger partial charge in [-0.1, -0.05) is 12.1 Å². The van der Waals surface area contributed by atoms with E-state index >= 15 is 0 Å². The molecule has 1 saturated heterocycles. The van der Waals surface area contributed by atoms with Crippen molar-refractivity contribution in [3.63, 3.8) is 0 Å². The lowest BCUT2D eigenvalue weighted by Gasteiger charge is -2.26. The summed E-state index contributed by atoms with van der Waals surface area (Å²) in [5.74, 6) is -0.923. The van der Waals surface area contributed by atoms with E-state index in [1.807, 2.05) is 28.8 Å². The summed E-state index contributed by atoms with van der Waals surface area (Å²) in [4.78, 5) is 38.6. The molecule has 0 spiro atoms. The molecule has 1 N–H and O–H groups in total. The van der Waals surface area contributed by atoms with E-state index in [0.29, 0.717) is 36.8 Å². The quantitative estimate of drug-likeness (QED) is 0.278. The van der Waals surface area contributed by atoms with Crippen molar-refractivity contribution in [2.75, 3.05) is 18.6 Å². The second-order valence-corrected chi connectivity index (χ2v) is 7.89. The number of ether oxygens (including phenoxy) is 2. The van der Waals surface area contributed by atoms with E-state index in [2.05, 4.69) is 11.9 Å². The summed E-state index contributed by atoms with van der Waals surface area (Å²) in [6.45, 7) is 4.45. The maximum absolute atomic E-state index is 13.3. The van der Waals surface area contributed by atoms with E-state index in [4.69, 9.17) is 9.47 Å². The minimum atomic E-state index is -0.898. The third-order valence-corrected chi connectivity index (χ3v) is 5.54. The Balaban J connectivity index is 1.50. The second kappa shape index (κ2) is 10.7. The fourth-order valence-electron chi connectivity index (χ4n) is 3.77. The summed E-state index contributed by atoms with van der Waals surface area (Å²) >= 11 is 0. The lowest BCUT2D eigenvalue weighted by molar-refractivity contribution is -0.122. The van der Waals surface area contributed by atoms with Crippen molar-refractivity contribution in [2.24, 2.45) is 0 Å². The highest BCUT2D eigenvalue weighted by Crippen LogP contribution is 2.28. The lowest BCUT2D eigenvalue weighted by atomic mass is 10.1. The Bertz CT molecular complexity index is 1340. The topological polar surface area (TPSA) is 89.9 Å². The third-order valence-electron chi connectivity index (χ3n) is 5.54. The molecule has 1 aromatic heterocycles. The van der Waals surface area contributed by atoms with Crippen LogP contribution in [0.1, 0.15) is 11.3 Å². The van der Waals surface area contributed by atoms with Crippen molar-refractivity contribution >= 4 is 29.6 Å². The summed E-state index contributed by atoms with van der Waals surface area (Å²) in [6.07, 6.45) is 5.72. The first-order valence-corrected chi connectivity index (χ1v) is 11.1. The molecule has 0 saturated carbocycles. The van der Waals surface area contributed by atoms with E-state index in [0.717, 1.165) is 22.6 Å². The van der Waals surface area contributed by atoms with Crippen LogP contribution in [0.25, 0.3) is 6.08 Å². The maximum atomic E-state index is 13.3. The molecule has 2 aromatic carbocycles. The molecule has 4 amide bonds. The van der Waals surface area contributed by atoms with Gasteiger partial charge in [-0.2, -0.15) is 0 Å². The molecule has 9 heteroatoms. The number of halogens is 1. The van der Waals surface area contributed by atoms with Gasteiger partial charge in [-0.25, -0.2) is 14.1 Å². The number of nitrogens with zero attached hydrogens (tertiary/aromatic N) is 2. The highest BCUT2D eigenvalue weighted by atomic mass is 19.1. The van der Waals surface area contributed by atoms with Crippen molar-refractivity contribution in [1.29, 1.82) is 0 Å². The number of nitrogens with one attached hydrogen (secondary N) is 1. The first kappa shape index (κ1) is 24.5. The van der Waals surface area contributed by atoms with Crippen molar-refractivity contribution in [1.82, 2.24) is 9.88 Å². The molecule has 1 aliphatic rings. The minimum Gasteiger partial charge on any atom is -0.493 e. The Kier molecular flexibility index (Phi) is 7.29. The SMILES string of the molecule is C=CCc1ccc(OCCn2cccc2/C=C2/C(=O)NC(=O)N(c3ccc(F)cc3)C2=O)c(OC)c1. The predicted molar refractivity (Wildman–Crippen MR) is 132 cm³/mol. The summed E-state index contributed by atoms with van der Waals surface area (Å²) in [5, 5.41) is 2.16. The van der Waals surface area contributed by atoms with E-state index in [9.17, 15) is 18.8 Å². The van der Waals surface area contributed by atoms with Crippen LogP contribution in [0.4, 0.5) is 14.9 Å². The van der Waals surface area contributed by atoms with E-state index in [-0.39, 0.29) is 11.3 Å². The molecule has 2 heterocycles. The highest BCUT2D eigenvalue weighted by Gasteiger charge is 2.37. The molecule has 0 atom stereocenters. The number of urea groups is 1. The molecule has 8 nitrogen and oxygen atoms in total. The van der Waals surface area contributed by atoms with Crippen LogP contribution >= 0.6 is 0 Å². The van der Waals surface area contributed by atoms with Gasteiger partial charge in [0.25, 0.3) is 11.8 Å². The maximum Gasteiger partial charge on any atom is 0.335 e. The van der Waals surface area contributed by atoms with Crippen LogP contribution in [0.2, 0.25) is 0 Å². The number of imide groups is 2. The van der Waals surface area contributed by atoms with Gasteiger partial charge in [-0.05, 0) is 66.6 Å². The molecule has 184 valence electrons. The normalized spacial score (nSPS) is 14.7. The smallest absolute Gasteiger partial charge is 0.335 e. The average Bonchev–Trinajstić information content (AvgIpc) is 3.30. The Labute approximate surface area is 207 Å². The van der Waals surface area contributed by atoms with Crippen LogP contribution in [-0.4, -0.2) is 36.1 Å². The van der Waals surface area contributed by atoms with Crippen molar-refractivity contribution in [3.05, 3.63) is 96.1 Å². The Morgan fingerprint density at radius 3 is 2.56 bits per heavy atom. The zero-order chi connectivity index (χ0) is 25.7. The number of carbonyl (C=O) groups is 3. The van der Waals surface area contributed by atoms with E-state index < -0.39 is 23.7 Å². The molecule has 0 unspecified atom stereocenters. The number of allylic oxidation sites excluding steroid dienone is 1. The monoisotopic (exact) mass is 489 g/mol. The van der Waals surface area contributed by atoms with Gasteiger partial charge in [0.2, 0.25) is 0 Å². The van der Waals surface area contributed by atoms with Crippen LogP contribution in [-0.2, 0) is 22.6 Å². The fraction of sp³-hybridized carbons (Fsp3) is 0.148. The first-order chi connectivity index (χ1) is 17.4. The number of rotatable bonds is 9. The minimum absolute atomic E-state index is 0.147. The van der Waals surface area contributed by atoms with Crippen molar-refractivity contribution in [2.45, 2.75) is 13.0 Å². The van der Waals surface area contributed by atoms with Crippen LogP contribution in [0.15, 0.2) is 79.0 Å². The number of amides is 4. The van der Waals surface area contributed by atoms with Gasteiger partial charge in [-0.15, -0.1) is 6.58 Å². The molecule has 4 rings (SSSR count). The Morgan fingerprint density at radius 2 is 1.83 bits per heavy atom. The third kappa shape index (κ3) is 5.20. The first-order valence-electron chi connectivity index (χ1n) is 11.1. The van der Waals surface area contributed by atoms with Crippen molar-refractivity contribution < 1.29 is 28.2 Å². The van der Waals surface area contributed by atoms with Crippen LogP contribution < -0.4 is 19.7 Å². The van der Waals surface area contributed by atoms with Gasteiger partial charge < -0.3 is 14.0 Å². The van der Waals surface area contributed by atoms with Gasteiger partial charge >= 0.3 is 6.03 Å². The van der Waals surface area contributed by atoms with Gasteiger partial charge in [0, 0.05) is 11.9 Å². The number of hydrogen-bond donors (Lipinski definition) is 1. The predicted octanol–water partition coefficient (Wildman–Crippen LogP) is 4.11. The molecule has 0 radical (unpaired) electrons. The number of hydrogen-bond acceptors (Lipinski definition) is 5. The fourth-order valence-corrected chi connectivity index (χ4v) is 3.77. The van der Waals surface area contributed by atoms with E-state index in [1.165, 1.54) is 18.2 Å². The standard InChI is InChI=1S/C27H24FN3O5/c1-3-5-18-7-12-23(24(16-18)35-2)36-15-14-30-13-4-6-21(30)17-22-25(32)29-27(34)31(26(22)33)20-10-8-19(28)9-11-20/h3-4,6-13,16-17H,1,5,14-15H2,2H3,(H,29,32,34)/b22-17-. The summed E-state index contributed by atoms with van der Waals surface area (Å²) in [7, 11) is 1.57. The molecule has 1 fully saturated rings. The average molecular weight is 490 g/mol. The molecule has 0 aliphatic carbocycles. The van der Waals surface area contributed by atoms with Gasteiger partial charge in [0.05, 0.1) is 19.3 Å². The van der Waals surface area contributed by atoms with Crippen LogP contribution in [0.5, 0.6) is 11.5 Å². The summed E-state index contributed by atoms with van der Waals surface area (Å²) < 4.78 is 26.4. The summed E-state index contributed by atoms with van der Waals surface area (Å²) in [5.41, 5.74) is 1.55. The van der Waals surface area contributed by atoms with Gasteiger partial charge in [0.15, 0.2) is 11.5 Å². The molecule has 1 aliphatic heterocycles. The zero-order valence-corrected chi connectivity index (χ0v) is 19.6. The van der Waals surface area contributed by atoms with Crippen molar-refractivity contribution in [3.8, 4) is 11.5 Å². The molecular weight excluding hydrogens is 465 g/mol. The highest BCUT2D eigenvalue weighted by molar-refractivity contribution is 6.39. The number of barbiturate groups is 1. The lowest BCUT2D eigenvalue weighted by Crippen LogP contribution is -2.54. The molecule has 36 heavy (non-hydrogen) atoms. The largest absolute Gasteiger partial charge is 0.493 e. The number of carbonyl (C=O) groups excluding carboxylic acids is 3. The second-order valence-electron chi connectivity index (χ2n) is 7.89. The Morgan fingerprint density at radius 1 is 1.06 bits per heavy atom. The zero-order valence-electron chi connectivity index (χ0n) is 19.6. The number of aromatic nitrogens is 1. The van der Waals surface area contributed by atoms with Crippen LogP contribution in [0, 0.1) is 5.82 Å². The van der Waals surface area contributed by atoms with E-state index in [1.54, 1.807) is 25.4 Å². The Hall–Kier alpha value is -4.66. The van der Waals surface area contributed by atoms with Gasteiger partial charge in [0.1, 0.15) is 18.0 Å². The number of anilines is 1. The molecular formula is C27H24FN3O5. The summed E-state index contributed by atoms with van der Waals surface area (Å²) in [6, 6.07) is 13.1. The number of benzene rings is 2. The van der Waals surface area contributed by atoms with Gasteiger partial charge in [-0.3, -0.25) is 14.9 Å². The molecule has 0 bridgehead atoms.